The van der Waals surface area contributed by atoms with Gasteiger partial charge < -0.3 is 9.53 Å². The van der Waals surface area contributed by atoms with Crippen molar-refractivity contribution < 1.29 is 14.3 Å². The molecule has 0 aromatic rings. The lowest BCUT2D eigenvalue weighted by Gasteiger charge is -2.30. The number of hydrogen-bond donors (Lipinski definition) is 1. The molecule has 0 fully saturated rings. The van der Waals surface area contributed by atoms with Crippen LogP contribution in [-0.4, -0.2) is 24.8 Å². The molecule has 0 aliphatic heterocycles. The highest BCUT2D eigenvalue weighted by Gasteiger charge is 2.32. The van der Waals surface area contributed by atoms with Crippen molar-refractivity contribution in [2.45, 2.75) is 52.9 Å². The zero-order chi connectivity index (χ0) is 13.1. The predicted molar refractivity (Wildman–Crippen MR) is 69.1 cm³/mol. The van der Waals surface area contributed by atoms with Crippen LogP contribution in [0.1, 0.15) is 27.7 Å². The van der Waals surface area contributed by atoms with Gasteiger partial charge in [-0.05, 0) is 33.5 Å². The molecule has 0 radical (unpaired) electrons. The Morgan fingerprint density at radius 2 is 1.75 bits per heavy atom. The normalized spacial score (nSPS) is 14.4. The van der Waals surface area contributed by atoms with Gasteiger partial charge in [0, 0.05) is 12.0 Å². The third kappa shape index (κ3) is 5.46. The van der Waals surface area contributed by atoms with Gasteiger partial charge in [-0.15, -0.1) is 0 Å². The molecule has 0 aromatic heterocycles. The fourth-order valence-corrected chi connectivity index (χ4v) is 2.92. The fraction of sp³-hybridized carbons (Fsp3) is 0.750. The molecule has 0 amide bonds. The van der Waals surface area contributed by atoms with Crippen molar-refractivity contribution >= 4 is 14.1 Å². The first-order valence-electron chi connectivity index (χ1n) is 5.61. The largest absolute Gasteiger partial charge is 0.512 e. The monoisotopic (exact) mass is 244 g/mol. The van der Waals surface area contributed by atoms with Crippen molar-refractivity contribution in [3.05, 3.63) is 11.8 Å². The molecule has 0 heterocycles. The Hall–Kier alpha value is -0.613. The van der Waals surface area contributed by atoms with Gasteiger partial charge in [-0.3, -0.25) is 4.79 Å². The lowest BCUT2D eigenvalue weighted by atomic mass is 10.0. The van der Waals surface area contributed by atoms with Crippen LogP contribution in [0.3, 0.4) is 0 Å². The summed E-state index contributed by atoms with van der Waals surface area (Å²) in [7, 11) is -1.77. The SMILES string of the molecule is CC(C)/C(O)=C/C(=O)C(C)(C)O[Si](C)(C)C. The first-order valence-corrected chi connectivity index (χ1v) is 9.01. The van der Waals surface area contributed by atoms with Gasteiger partial charge in [0.05, 0.1) is 5.76 Å². The summed E-state index contributed by atoms with van der Waals surface area (Å²) in [5.41, 5.74) is -0.854. The average Bonchev–Trinajstić information content (AvgIpc) is 1.98. The van der Waals surface area contributed by atoms with Gasteiger partial charge in [0.2, 0.25) is 0 Å². The van der Waals surface area contributed by atoms with E-state index >= 15 is 0 Å². The summed E-state index contributed by atoms with van der Waals surface area (Å²) < 4.78 is 5.80. The number of aliphatic hydroxyl groups excluding tert-OH is 1. The quantitative estimate of drug-likeness (QED) is 0.458. The smallest absolute Gasteiger partial charge is 0.189 e. The van der Waals surface area contributed by atoms with E-state index in [4.69, 9.17) is 4.43 Å². The molecule has 3 nitrogen and oxygen atoms in total. The summed E-state index contributed by atoms with van der Waals surface area (Å²) in [5.74, 6) is -0.106. The van der Waals surface area contributed by atoms with Gasteiger partial charge in [-0.25, -0.2) is 0 Å². The van der Waals surface area contributed by atoms with E-state index in [0.29, 0.717) is 0 Å². The predicted octanol–water partition coefficient (Wildman–Crippen LogP) is 3.28. The second-order valence-corrected chi connectivity index (χ2v) is 10.2. The molecule has 16 heavy (non-hydrogen) atoms. The van der Waals surface area contributed by atoms with Gasteiger partial charge in [0.15, 0.2) is 14.1 Å². The Balaban J connectivity index is 4.78. The highest BCUT2D eigenvalue weighted by molar-refractivity contribution is 6.70. The van der Waals surface area contributed by atoms with Crippen molar-refractivity contribution in [3.63, 3.8) is 0 Å². The van der Waals surface area contributed by atoms with Crippen LogP contribution >= 0.6 is 0 Å². The van der Waals surface area contributed by atoms with E-state index < -0.39 is 13.9 Å². The molecular weight excluding hydrogens is 220 g/mol. The molecule has 0 aromatic carbocycles. The van der Waals surface area contributed by atoms with Gasteiger partial charge >= 0.3 is 0 Å². The number of carbonyl (C=O) groups excluding carboxylic acids is 1. The van der Waals surface area contributed by atoms with Crippen molar-refractivity contribution in [2.75, 3.05) is 0 Å². The molecule has 0 saturated heterocycles. The Morgan fingerprint density at radius 1 is 1.31 bits per heavy atom. The van der Waals surface area contributed by atoms with Gasteiger partial charge in [0.1, 0.15) is 5.60 Å². The first-order chi connectivity index (χ1) is 6.96. The topological polar surface area (TPSA) is 46.5 Å². The van der Waals surface area contributed by atoms with Gasteiger partial charge in [-0.2, -0.15) is 0 Å². The van der Waals surface area contributed by atoms with E-state index in [1.807, 2.05) is 33.5 Å². The van der Waals surface area contributed by atoms with E-state index in [2.05, 4.69) is 0 Å². The third-order valence-corrected chi connectivity index (χ3v) is 3.15. The zero-order valence-electron chi connectivity index (χ0n) is 11.4. The molecule has 0 atom stereocenters. The Bertz CT molecular complexity index is 285. The van der Waals surface area contributed by atoms with E-state index in [0.717, 1.165) is 0 Å². The summed E-state index contributed by atoms with van der Waals surface area (Å²) >= 11 is 0. The molecule has 0 unspecified atom stereocenters. The summed E-state index contributed by atoms with van der Waals surface area (Å²) in [5, 5.41) is 9.55. The Morgan fingerprint density at radius 3 is 2.06 bits per heavy atom. The second kappa shape index (κ2) is 5.14. The summed E-state index contributed by atoms with van der Waals surface area (Å²) in [6, 6.07) is 0. The van der Waals surface area contributed by atoms with Crippen molar-refractivity contribution in [2.24, 2.45) is 5.92 Å². The summed E-state index contributed by atoms with van der Waals surface area (Å²) in [4.78, 5) is 11.9. The minimum absolute atomic E-state index is 0.0355. The highest BCUT2D eigenvalue weighted by Crippen LogP contribution is 2.20. The maximum absolute atomic E-state index is 11.9. The zero-order valence-corrected chi connectivity index (χ0v) is 12.4. The molecule has 0 aliphatic carbocycles. The van der Waals surface area contributed by atoms with Crippen molar-refractivity contribution in [1.82, 2.24) is 0 Å². The van der Waals surface area contributed by atoms with Crippen LogP contribution in [0.4, 0.5) is 0 Å². The van der Waals surface area contributed by atoms with Gasteiger partial charge in [-0.1, -0.05) is 13.8 Å². The molecule has 94 valence electrons. The van der Waals surface area contributed by atoms with E-state index in [1.54, 1.807) is 13.8 Å². The molecule has 0 bridgehead atoms. The molecule has 4 heteroatoms. The van der Waals surface area contributed by atoms with Gasteiger partial charge in [0.25, 0.3) is 0 Å². The third-order valence-electron chi connectivity index (χ3n) is 2.03. The molecule has 0 rings (SSSR count). The minimum Gasteiger partial charge on any atom is -0.512 e. The molecule has 1 N–H and O–H groups in total. The number of rotatable bonds is 5. The van der Waals surface area contributed by atoms with Crippen LogP contribution in [0, 0.1) is 5.92 Å². The Labute approximate surface area is 99.6 Å². The number of aliphatic hydroxyl groups is 1. The van der Waals surface area contributed by atoms with E-state index in [9.17, 15) is 9.90 Å². The second-order valence-electron chi connectivity index (χ2n) is 5.81. The Kier molecular flexibility index (Phi) is 4.95. The summed E-state index contributed by atoms with van der Waals surface area (Å²) in [6.45, 7) is 13.3. The van der Waals surface area contributed by atoms with Crippen LogP contribution in [-0.2, 0) is 9.22 Å². The lowest BCUT2D eigenvalue weighted by Crippen LogP contribution is -2.43. The maximum Gasteiger partial charge on any atom is 0.189 e. The van der Waals surface area contributed by atoms with Crippen molar-refractivity contribution in [1.29, 1.82) is 0 Å². The maximum atomic E-state index is 11.9. The average molecular weight is 244 g/mol. The van der Waals surface area contributed by atoms with Crippen molar-refractivity contribution in [3.8, 4) is 0 Å². The van der Waals surface area contributed by atoms with E-state index in [-0.39, 0.29) is 17.5 Å². The van der Waals surface area contributed by atoms with Crippen LogP contribution in [0.15, 0.2) is 11.8 Å². The summed E-state index contributed by atoms with van der Waals surface area (Å²) in [6.07, 6.45) is 1.28. The highest BCUT2D eigenvalue weighted by atomic mass is 28.4. The molecule has 0 spiro atoms. The molecular formula is C12H24O3Si. The first kappa shape index (κ1) is 15.4. The number of carbonyl (C=O) groups is 1. The standard InChI is InChI=1S/C12H24O3Si/c1-9(2)10(13)8-11(14)12(3,4)15-16(5,6)7/h8-9,13H,1-7H3/b10-8-. The number of hydrogen-bond acceptors (Lipinski definition) is 3. The molecule has 0 saturated carbocycles. The van der Waals surface area contributed by atoms with E-state index in [1.165, 1.54) is 6.08 Å². The van der Waals surface area contributed by atoms with Crippen LogP contribution in [0.25, 0.3) is 0 Å². The van der Waals surface area contributed by atoms with Crippen LogP contribution in [0.2, 0.25) is 19.6 Å². The van der Waals surface area contributed by atoms with Crippen LogP contribution in [0.5, 0.6) is 0 Å². The number of ketones is 1. The number of allylic oxidation sites excluding steroid dienone is 1. The fourth-order valence-electron chi connectivity index (χ4n) is 1.29. The lowest BCUT2D eigenvalue weighted by molar-refractivity contribution is -0.127. The molecule has 0 aliphatic rings. The minimum atomic E-state index is -1.77. The van der Waals surface area contributed by atoms with Crippen LogP contribution < -0.4 is 0 Å².